The Hall–Kier alpha value is -8.72. The predicted octanol–water partition coefficient (Wildman–Crippen LogP) is 18.4. The lowest BCUT2D eigenvalue weighted by Crippen LogP contribution is -2.17. The highest BCUT2D eigenvalue weighted by Gasteiger charge is 2.38. The van der Waals surface area contributed by atoms with Crippen LogP contribution in [0.3, 0.4) is 0 Å². The Morgan fingerprint density at radius 3 is 1.70 bits per heavy atom. The predicted molar refractivity (Wildman–Crippen MR) is 292 cm³/mol. The van der Waals surface area contributed by atoms with Crippen LogP contribution in [0.5, 0.6) is 0 Å². The molecule has 0 N–H and O–H groups in total. The Morgan fingerprint density at radius 2 is 0.899 bits per heavy atom. The maximum atomic E-state index is 2.53. The van der Waals surface area contributed by atoms with E-state index in [2.05, 4.69) is 278 Å². The SMILES string of the molecule is CC1(C)c2cc3ccccc3cc2-c2cccc(-c3cccc(N(c4cccc(-c5ccccc5)c4)c4ccccc4-c4cccc5c6ccccc6n(-c6ccccc6)c45)c3-c3ccccc3)c21. The minimum Gasteiger partial charge on any atom is -0.309 e. The van der Waals surface area contributed by atoms with Crippen LogP contribution < -0.4 is 4.90 Å². The fraction of sp³-hybridized carbons (Fsp3) is 0.0448. The van der Waals surface area contributed by atoms with Gasteiger partial charge in [0.2, 0.25) is 0 Å². The van der Waals surface area contributed by atoms with Crippen molar-refractivity contribution in [1.82, 2.24) is 4.57 Å². The van der Waals surface area contributed by atoms with Gasteiger partial charge in [0.05, 0.1) is 22.4 Å². The first kappa shape index (κ1) is 40.5. The van der Waals surface area contributed by atoms with E-state index in [0.29, 0.717) is 0 Å². The number of fused-ring (bicyclic) bond motifs is 7. The molecule has 0 saturated carbocycles. The first-order valence-electron chi connectivity index (χ1n) is 24.0. The summed E-state index contributed by atoms with van der Waals surface area (Å²) in [6.07, 6.45) is 0. The van der Waals surface area contributed by atoms with E-state index in [1.165, 1.54) is 77.1 Å². The van der Waals surface area contributed by atoms with E-state index in [9.17, 15) is 0 Å². The van der Waals surface area contributed by atoms with E-state index >= 15 is 0 Å². The molecule has 1 aliphatic carbocycles. The minimum absolute atomic E-state index is 0.249. The van der Waals surface area contributed by atoms with Crippen molar-refractivity contribution in [3.63, 3.8) is 0 Å². The molecule has 0 radical (unpaired) electrons. The van der Waals surface area contributed by atoms with Crippen LogP contribution in [0, 0.1) is 0 Å². The number of hydrogen-bond acceptors (Lipinski definition) is 1. The zero-order chi connectivity index (χ0) is 46.1. The second-order valence-electron chi connectivity index (χ2n) is 18.8. The summed E-state index contributed by atoms with van der Waals surface area (Å²) in [7, 11) is 0. The van der Waals surface area contributed by atoms with Crippen molar-refractivity contribution < 1.29 is 0 Å². The number of rotatable bonds is 8. The monoisotopic (exact) mass is 880 g/mol. The molecular formula is C67H48N2. The summed E-state index contributed by atoms with van der Waals surface area (Å²) in [5.41, 5.74) is 21.3. The van der Waals surface area contributed by atoms with Gasteiger partial charge in [0.15, 0.2) is 0 Å². The summed E-state index contributed by atoms with van der Waals surface area (Å²) < 4.78 is 2.45. The zero-order valence-corrected chi connectivity index (χ0v) is 38.6. The van der Waals surface area contributed by atoms with Crippen LogP contribution in [-0.2, 0) is 5.41 Å². The molecule has 13 rings (SSSR count). The molecule has 0 bridgehead atoms. The van der Waals surface area contributed by atoms with Gasteiger partial charge >= 0.3 is 0 Å². The lowest BCUT2D eigenvalue weighted by molar-refractivity contribution is 0.663. The molecule has 2 nitrogen and oxygen atoms in total. The normalized spacial score (nSPS) is 12.6. The average Bonchev–Trinajstić information content (AvgIpc) is 3.87. The Labute approximate surface area is 403 Å². The van der Waals surface area contributed by atoms with E-state index in [1.54, 1.807) is 0 Å². The van der Waals surface area contributed by atoms with Crippen molar-refractivity contribution in [2.24, 2.45) is 0 Å². The smallest absolute Gasteiger partial charge is 0.0620 e. The topological polar surface area (TPSA) is 8.17 Å². The van der Waals surface area contributed by atoms with Crippen LogP contribution in [-0.4, -0.2) is 4.57 Å². The summed E-state index contributed by atoms with van der Waals surface area (Å²) in [4.78, 5) is 2.53. The number of aromatic nitrogens is 1. The maximum absolute atomic E-state index is 2.53. The molecule has 0 fully saturated rings. The van der Waals surface area contributed by atoms with Gasteiger partial charge in [0.1, 0.15) is 0 Å². The lowest BCUT2D eigenvalue weighted by atomic mass is 9.77. The lowest BCUT2D eigenvalue weighted by Gasteiger charge is -2.32. The van der Waals surface area contributed by atoms with Gasteiger partial charge in [-0.2, -0.15) is 0 Å². The second-order valence-corrected chi connectivity index (χ2v) is 18.8. The van der Waals surface area contributed by atoms with Gasteiger partial charge in [-0.1, -0.05) is 214 Å². The van der Waals surface area contributed by atoms with Crippen LogP contribution in [0.4, 0.5) is 17.1 Å². The Bertz CT molecular complexity index is 3920. The van der Waals surface area contributed by atoms with E-state index in [4.69, 9.17) is 0 Å². The Kier molecular flexibility index (Phi) is 9.55. The molecule has 326 valence electrons. The van der Waals surface area contributed by atoms with Gasteiger partial charge in [-0.15, -0.1) is 0 Å². The zero-order valence-electron chi connectivity index (χ0n) is 38.6. The molecule has 0 atom stereocenters. The fourth-order valence-electron chi connectivity index (χ4n) is 11.5. The first-order chi connectivity index (χ1) is 34.0. The molecule has 0 saturated heterocycles. The van der Waals surface area contributed by atoms with E-state index < -0.39 is 0 Å². The first-order valence-corrected chi connectivity index (χ1v) is 24.0. The van der Waals surface area contributed by atoms with E-state index in [1.807, 2.05) is 0 Å². The largest absolute Gasteiger partial charge is 0.309 e. The molecular weight excluding hydrogens is 833 g/mol. The molecule has 0 amide bonds. The summed E-state index contributed by atoms with van der Waals surface area (Å²) in [5, 5.41) is 5.00. The average molecular weight is 881 g/mol. The molecule has 69 heavy (non-hydrogen) atoms. The van der Waals surface area contributed by atoms with Gasteiger partial charge in [-0.05, 0) is 115 Å². The molecule has 0 unspecified atom stereocenters. The molecule has 11 aromatic carbocycles. The number of anilines is 3. The summed E-state index contributed by atoms with van der Waals surface area (Å²) in [6.45, 7) is 4.82. The van der Waals surface area contributed by atoms with Gasteiger partial charge in [0.25, 0.3) is 0 Å². The standard InChI is InChI=1S/C67H48N2/c1-67(2)60-44-49-27-13-12-26-48(49)43-59(60)56-36-19-35-55(65(56)67)54-34-21-41-63(64(54)46-24-8-4-9-25-46)68(51-31-18-28-47(42-51)45-22-6-3-7-23-45)61-39-16-14-32-52(61)57-37-20-38-58-53-33-15-17-40-62(53)69(66(57)58)50-29-10-5-11-30-50/h3-44H,1-2H3. The quantitative estimate of drug-likeness (QED) is 0.148. The molecule has 12 aromatic rings. The summed E-state index contributed by atoms with van der Waals surface area (Å²) >= 11 is 0. The molecule has 1 aromatic heterocycles. The van der Waals surface area contributed by atoms with Crippen molar-refractivity contribution >= 4 is 49.6 Å². The van der Waals surface area contributed by atoms with Crippen LogP contribution in [0.15, 0.2) is 255 Å². The third kappa shape index (κ3) is 6.55. The van der Waals surface area contributed by atoms with Gasteiger partial charge in [0, 0.05) is 44.3 Å². The van der Waals surface area contributed by atoms with Crippen LogP contribution in [0.25, 0.3) is 93.9 Å². The van der Waals surface area contributed by atoms with Crippen LogP contribution in [0.2, 0.25) is 0 Å². The number of nitrogens with zero attached hydrogens (tertiary/aromatic N) is 2. The third-order valence-corrected chi connectivity index (χ3v) is 14.5. The Morgan fingerprint density at radius 1 is 0.362 bits per heavy atom. The van der Waals surface area contributed by atoms with Crippen molar-refractivity contribution in [2.45, 2.75) is 19.3 Å². The van der Waals surface area contributed by atoms with Crippen molar-refractivity contribution in [3.8, 4) is 61.3 Å². The van der Waals surface area contributed by atoms with Crippen LogP contribution >= 0.6 is 0 Å². The van der Waals surface area contributed by atoms with Gasteiger partial charge in [-0.25, -0.2) is 0 Å². The number of para-hydroxylation sites is 4. The van der Waals surface area contributed by atoms with Crippen molar-refractivity contribution in [1.29, 1.82) is 0 Å². The summed E-state index contributed by atoms with van der Waals surface area (Å²) in [6, 6.07) is 93.8. The van der Waals surface area contributed by atoms with Gasteiger partial charge in [-0.3, -0.25) is 0 Å². The molecule has 1 aliphatic rings. The van der Waals surface area contributed by atoms with Crippen molar-refractivity contribution in [3.05, 3.63) is 266 Å². The minimum atomic E-state index is -0.249. The highest BCUT2D eigenvalue weighted by Crippen LogP contribution is 2.56. The fourth-order valence-corrected chi connectivity index (χ4v) is 11.5. The third-order valence-electron chi connectivity index (χ3n) is 14.5. The molecule has 1 heterocycles. The Balaban J connectivity index is 1.11. The number of hydrogen-bond donors (Lipinski definition) is 0. The highest BCUT2D eigenvalue weighted by molar-refractivity contribution is 6.15. The van der Waals surface area contributed by atoms with Gasteiger partial charge < -0.3 is 9.47 Å². The van der Waals surface area contributed by atoms with Crippen molar-refractivity contribution in [2.75, 3.05) is 4.90 Å². The second kappa shape index (κ2) is 16.3. The molecule has 2 heteroatoms. The van der Waals surface area contributed by atoms with E-state index in [0.717, 1.165) is 45.0 Å². The highest BCUT2D eigenvalue weighted by atomic mass is 15.1. The number of benzene rings is 11. The molecule has 0 aliphatic heterocycles. The molecule has 0 spiro atoms. The van der Waals surface area contributed by atoms with E-state index in [-0.39, 0.29) is 5.41 Å². The maximum Gasteiger partial charge on any atom is 0.0620 e. The van der Waals surface area contributed by atoms with Crippen LogP contribution in [0.1, 0.15) is 25.0 Å². The summed E-state index contributed by atoms with van der Waals surface area (Å²) in [5.74, 6) is 0.